The summed E-state index contributed by atoms with van der Waals surface area (Å²) in [5.41, 5.74) is 11.1. The van der Waals surface area contributed by atoms with E-state index in [0.29, 0.717) is 24.1 Å². The summed E-state index contributed by atoms with van der Waals surface area (Å²) >= 11 is 6.28. The second-order valence-electron chi connectivity index (χ2n) is 5.69. The highest BCUT2D eigenvalue weighted by Crippen LogP contribution is 2.29. The Morgan fingerprint density at radius 3 is 2.50 bits per heavy atom. The topological polar surface area (TPSA) is 35.2 Å². The molecular formula is C19H24ClNO. The van der Waals surface area contributed by atoms with Crippen molar-refractivity contribution < 1.29 is 4.74 Å². The van der Waals surface area contributed by atoms with E-state index in [1.54, 1.807) is 0 Å². The first-order valence-corrected chi connectivity index (χ1v) is 8.11. The van der Waals surface area contributed by atoms with Crippen LogP contribution in [0.4, 0.5) is 0 Å². The minimum Gasteiger partial charge on any atom is -0.492 e. The Bertz CT molecular complexity index is 639. The first-order chi connectivity index (χ1) is 10.5. The van der Waals surface area contributed by atoms with E-state index in [9.17, 15) is 0 Å². The molecule has 2 rings (SSSR count). The summed E-state index contributed by atoms with van der Waals surface area (Å²) in [5.74, 6) is 1.04. The van der Waals surface area contributed by atoms with E-state index >= 15 is 0 Å². The molecule has 2 nitrogen and oxygen atoms in total. The van der Waals surface area contributed by atoms with Crippen LogP contribution in [0.1, 0.15) is 35.1 Å². The predicted octanol–water partition coefficient (Wildman–Crippen LogP) is 4.64. The molecule has 118 valence electrons. The molecule has 22 heavy (non-hydrogen) atoms. The zero-order chi connectivity index (χ0) is 16.1. The number of aryl methyl sites for hydroxylation is 2. The zero-order valence-corrected chi connectivity index (χ0v) is 14.3. The summed E-state index contributed by atoms with van der Waals surface area (Å²) in [7, 11) is 0. The molecule has 0 aliphatic heterocycles. The summed E-state index contributed by atoms with van der Waals surface area (Å²) in [6.45, 7) is 7.45. The van der Waals surface area contributed by atoms with Crippen LogP contribution in [0.3, 0.4) is 0 Å². The third-order valence-electron chi connectivity index (χ3n) is 3.93. The van der Waals surface area contributed by atoms with Crippen LogP contribution < -0.4 is 10.5 Å². The van der Waals surface area contributed by atoms with Crippen molar-refractivity contribution >= 4 is 11.6 Å². The van der Waals surface area contributed by atoms with Crippen molar-refractivity contribution in [2.75, 3.05) is 13.2 Å². The molecule has 0 bridgehead atoms. The average Bonchev–Trinajstić information content (AvgIpc) is 2.48. The van der Waals surface area contributed by atoms with Crippen molar-refractivity contribution in [3.05, 3.63) is 63.7 Å². The number of benzene rings is 2. The third-order valence-corrected chi connectivity index (χ3v) is 4.22. The van der Waals surface area contributed by atoms with E-state index in [4.69, 9.17) is 22.1 Å². The molecular weight excluding hydrogens is 294 g/mol. The van der Waals surface area contributed by atoms with Gasteiger partial charge in [0.2, 0.25) is 0 Å². The normalized spacial score (nSPS) is 12.2. The van der Waals surface area contributed by atoms with Crippen LogP contribution >= 0.6 is 11.6 Å². The fourth-order valence-corrected chi connectivity index (χ4v) is 3.09. The lowest BCUT2D eigenvalue weighted by atomic mass is 9.88. The van der Waals surface area contributed by atoms with Gasteiger partial charge in [0, 0.05) is 5.92 Å². The predicted molar refractivity (Wildman–Crippen MR) is 94.0 cm³/mol. The van der Waals surface area contributed by atoms with E-state index in [1.807, 2.05) is 19.1 Å². The molecule has 0 radical (unpaired) electrons. The van der Waals surface area contributed by atoms with Gasteiger partial charge < -0.3 is 10.5 Å². The maximum absolute atomic E-state index is 6.28. The summed E-state index contributed by atoms with van der Waals surface area (Å²) in [4.78, 5) is 0. The average molecular weight is 318 g/mol. The van der Waals surface area contributed by atoms with Gasteiger partial charge >= 0.3 is 0 Å². The van der Waals surface area contributed by atoms with E-state index in [-0.39, 0.29) is 0 Å². The van der Waals surface area contributed by atoms with Gasteiger partial charge in [-0.3, -0.25) is 0 Å². The van der Waals surface area contributed by atoms with Gasteiger partial charge in [-0.15, -0.1) is 0 Å². The molecule has 0 aromatic heterocycles. The van der Waals surface area contributed by atoms with Crippen molar-refractivity contribution in [2.45, 2.75) is 33.1 Å². The molecule has 0 amide bonds. The summed E-state index contributed by atoms with van der Waals surface area (Å²) in [6.07, 6.45) is 0.881. The maximum Gasteiger partial charge on any atom is 0.137 e. The molecule has 0 heterocycles. The second-order valence-corrected chi connectivity index (χ2v) is 6.10. The van der Waals surface area contributed by atoms with Crippen molar-refractivity contribution in [3.63, 3.8) is 0 Å². The van der Waals surface area contributed by atoms with Gasteiger partial charge in [-0.2, -0.15) is 0 Å². The van der Waals surface area contributed by atoms with Gasteiger partial charge in [0.05, 0.1) is 11.6 Å². The van der Waals surface area contributed by atoms with Gasteiger partial charge in [0.15, 0.2) is 0 Å². The molecule has 2 aromatic rings. The van der Waals surface area contributed by atoms with E-state index in [2.05, 4.69) is 38.1 Å². The van der Waals surface area contributed by atoms with E-state index in [0.717, 1.165) is 12.2 Å². The molecule has 0 saturated heterocycles. The smallest absolute Gasteiger partial charge is 0.137 e. The minimum atomic E-state index is 0.301. The number of halogens is 1. The van der Waals surface area contributed by atoms with E-state index in [1.165, 1.54) is 22.3 Å². The first-order valence-electron chi connectivity index (χ1n) is 7.73. The molecule has 1 atom stereocenters. The molecule has 1 unspecified atom stereocenters. The standard InChI is InChI=1S/C19H24ClNO/c1-4-22-19-8-6-15(11-18(19)20)10-16(12-21)17-7-5-13(2)9-14(17)3/h5-9,11,16H,4,10,12,21H2,1-3H3. The van der Waals surface area contributed by atoms with Crippen LogP contribution in [0.15, 0.2) is 36.4 Å². The van der Waals surface area contributed by atoms with Crippen LogP contribution in [0.2, 0.25) is 5.02 Å². The molecule has 2 N–H and O–H groups in total. The number of hydrogen-bond acceptors (Lipinski definition) is 2. The monoisotopic (exact) mass is 317 g/mol. The Morgan fingerprint density at radius 1 is 1.14 bits per heavy atom. The maximum atomic E-state index is 6.28. The number of nitrogens with two attached hydrogens (primary N) is 1. The van der Waals surface area contributed by atoms with Crippen LogP contribution in [0.25, 0.3) is 0 Å². The lowest BCUT2D eigenvalue weighted by Crippen LogP contribution is -2.16. The van der Waals surface area contributed by atoms with Gasteiger partial charge in [0.1, 0.15) is 5.75 Å². The van der Waals surface area contributed by atoms with Crippen LogP contribution in [-0.2, 0) is 6.42 Å². The van der Waals surface area contributed by atoms with Crippen LogP contribution in [0, 0.1) is 13.8 Å². The molecule has 0 aliphatic rings. The Morgan fingerprint density at radius 2 is 1.91 bits per heavy atom. The Labute approximate surface area is 138 Å². The van der Waals surface area contributed by atoms with Gasteiger partial charge in [0.25, 0.3) is 0 Å². The van der Waals surface area contributed by atoms with Crippen molar-refractivity contribution in [1.29, 1.82) is 0 Å². The fourth-order valence-electron chi connectivity index (χ4n) is 2.83. The Hall–Kier alpha value is -1.51. The van der Waals surface area contributed by atoms with Crippen LogP contribution in [0.5, 0.6) is 5.75 Å². The summed E-state index contributed by atoms with van der Waals surface area (Å²) in [6, 6.07) is 12.6. The SMILES string of the molecule is CCOc1ccc(CC(CN)c2ccc(C)cc2C)cc1Cl. The number of ether oxygens (including phenoxy) is 1. The Balaban J connectivity index is 2.21. The molecule has 0 aliphatic carbocycles. The zero-order valence-electron chi connectivity index (χ0n) is 13.5. The molecule has 0 saturated carbocycles. The lowest BCUT2D eigenvalue weighted by molar-refractivity contribution is 0.340. The molecule has 3 heteroatoms. The van der Waals surface area contributed by atoms with Crippen molar-refractivity contribution in [2.24, 2.45) is 5.73 Å². The van der Waals surface area contributed by atoms with Crippen molar-refractivity contribution in [3.8, 4) is 5.75 Å². The number of rotatable bonds is 6. The Kier molecular flexibility index (Phi) is 5.87. The van der Waals surface area contributed by atoms with E-state index < -0.39 is 0 Å². The minimum absolute atomic E-state index is 0.301. The third kappa shape index (κ3) is 4.02. The highest BCUT2D eigenvalue weighted by Gasteiger charge is 2.14. The van der Waals surface area contributed by atoms with Crippen LogP contribution in [-0.4, -0.2) is 13.2 Å². The molecule has 0 spiro atoms. The first kappa shape index (κ1) is 16.9. The fraction of sp³-hybridized carbons (Fsp3) is 0.368. The highest BCUT2D eigenvalue weighted by atomic mass is 35.5. The highest BCUT2D eigenvalue weighted by molar-refractivity contribution is 6.32. The summed E-state index contributed by atoms with van der Waals surface area (Å²) in [5, 5.41) is 0.663. The summed E-state index contributed by atoms with van der Waals surface area (Å²) < 4.78 is 5.48. The quantitative estimate of drug-likeness (QED) is 0.842. The lowest BCUT2D eigenvalue weighted by Gasteiger charge is -2.19. The largest absolute Gasteiger partial charge is 0.492 e. The number of hydrogen-bond donors (Lipinski definition) is 1. The molecule has 0 fully saturated rings. The van der Waals surface area contributed by atoms with Gasteiger partial charge in [-0.1, -0.05) is 41.4 Å². The van der Waals surface area contributed by atoms with Gasteiger partial charge in [-0.05, 0) is 62.6 Å². The molecule has 2 aromatic carbocycles. The van der Waals surface area contributed by atoms with Crippen molar-refractivity contribution in [1.82, 2.24) is 0 Å². The van der Waals surface area contributed by atoms with Gasteiger partial charge in [-0.25, -0.2) is 0 Å². The second kappa shape index (κ2) is 7.66.